The van der Waals surface area contributed by atoms with E-state index >= 15 is 0 Å². The van der Waals surface area contributed by atoms with Crippen molar-refractivity contribution in [3.63, 3.8) is 0 Å². The zero-order valence-corrected chi connectivity index (χ0v) is 36.4. The smallest absolute Gasteiger partial charge is 0.116 e. The fourth-order valence-electron chi connectivity index (χ4n) is 12.9. The average molecular weight is 845 g/mol. The minimum absolute atomic E-state index is 0.238. The van der Waals surface area contributed by atoms with Crippen LogP contribution in [-0.2, 0) is 13.1 Å². The van der Waals surface area contributed by atoms with Crippen molar-refractivity contribution in [2.75, 3.05) is 0 Å². The largest absolute Gasteiger partial charge is 0.508 e. The quantitative estimate of drug-likeness (QED) is 0.137. The van der Waals surface area contributed by atoms with Gasteiger partial charge in [-0.25, -0.2) is 0 Å². The molecule has 13 aromatic carbocycles. The van der Waals surface area contributed by atoms with Crippen LogP contribution in [0.4, 0.5) is 0 Å². The lowest BCUT2D eigenvalue weighted by atomic mass is 9.83. The zero-order valence-electron chi connectivity index (χ0n) is 36.4. The molecule has 4 nitrogen and oxygen atoms in total. The minimum Gasteiger partial charge on any atom is -0.508 e. The fourth-order valence-corrected chi connectivity index (χ4v) is 12.9. The predicted octanol–water partition coefficient (Wildman–Crippen LogP) is 16.8. The molecule has 0 aliphatic rings. The summed E-state index contributed by atoms with van der Waals surface area (Å²) < 4.78 is 4.93. The third kappa shape index (κ3) is 4.34. The van der Waals surface area contributed by atoms with Crippen LogP contribution in [0.15, 0.2) is 170 Å². The first kappa shape index (κ1) is 36.0. The van der Waals surface area contributed by atoms with E-state index in [1.54, 1.807) is 0 Å². The van der Waals surface area contributed by atoms with Crippen LogP contribution < -0.4 is 0 Å². The molecule has 0 saturated carbocycles. The van der Waals surface area contributed by atoms with Gasteiger partial charge in [-0.3, -0.25) is 0 Å². The SMILES string of the molecule is CCn1c2ccc(O)cc2c2c(-c3ccc4c5cccc6cccc(c7cccc3c74)c65)c3c(c(-c4ccc5c6cccc7cccc(c8cccc4c85)c76)c21)c1cc(O)ccc1n3CC. The predicted molar refractivity (Wildman–Crippen MR) is 280 cm³/mol. The number of nitrogens with zero attached hydrogens (tertiary/aromatic N) is 2. The van der Waals surface area contributed by atoms with Gasteiger partial charge >= 0.3 is 0 Å². The fraction of sp³-hybridized carbons (Fsp3) is 0.0645. The standard InChI is InChI=1S/C62H40N2O2/c1-3-63-51-29-23-35(65)31-49(51)59-58(48-28-26-46-40-18-8-14-34-12-6-16-38(54(34)40)42-20-10-22-44(48)56(42)46)62-60(50-32-36(66)24-30-52(50)64(62)4-2)57(61(59)63)47-27-25-45-39-17-7-13-33-11-5-15-37(53(33)39)41-19-9-21-43(47)55(41)45/h5-32,65-66H,3-4H2,1-2H3. The van der Waals surface area contributed by atoms with Crippen molar-refractivity contribution in [1.82, 2.24) is 9.13 Å². The summed E-state index contributed by atoms with van der Waals surface area (Å²) in [5, 5.41) is 47.2. The van der Waals surface area contributed by atoms with Crippen molar-refractivity contribution in [1.29, 1.82) is 0 Å². The van der Waals surface area contributed by atoms with Crippen LogP contribution in [0, 0.1) is 0 Å². The molecule has 0 amide bonds. The molecule has 0 aliphatic carbocycles. The summed E-state index contributed by atoms with van der Waals surface area (Å²) in [5.41, 5.74) is 8.93. The topological polar surface area (TPSA) is 50.3 Å². The Bertz CT molecular complexity index is 4230. The maximum absolute atomic E-state index is 11.5. The van der Waals surface area contributed by atoms with Gasteiger partial charge in [0, 0.05) is 56.8 Å². The molecule has 4 heteroatoms. The minimum atomic E-state index is 0.238. The highest BCUT2D eigenvalue weighted by atomic mass is 16.3. The Morgan fingerprint density at radius 1 is 0.318 bits per heavy atom. The van der Waals surface area contributed by atoms with Crippen molar-refractivity contribution in [3.8, 4) is 33.8 Å². The number of aryl methyl sites for hydroxylation is 2. The second-order valence-electron chi connectivity index (χ2n) is 18.3. The molecule has 0 saturated heterocycles. The van der Waals surface area contributed by atoms with Gasteiger partial charge in [-0.05, 0) is 148 Å². The highest BCUT2D eigenvalue weighted by Crippen LogP contribution is 2.55. The first-order valence-corrected chi connectivity index (χ1v) is 23.1. The van der Waals surface area contributed by atoms with E-state index in [0.717, 1.165) is 65.9 Å². The molecule has 0 fully saturated rings. The van der Waals surface area contributed by atoms with E-state index in [2.05, 4.69) is 169 Å². The molecule has 0 aliphatic heterocycles. The molecule has 310 valence electrons. The molecular formula is C62H40N2O2. The first-order chi connectivity index (χ1) is 32.5. The van der Waals surface area contributed by atoms with Gasteiger partial charge in [-0.1, -0.05) is 133 Å². The Balaban J connectivity index is 1.21. The maximum Gasteiger partial charge on any atom is 0.116 e. The summed E-state index contributed by atoms with van der Waals surface area (Å²) in [5.74, 6) is 0.476. The van der Waals surface area contributed by atoms with Crippen LogP contribution >= 0.6 is 0 Å². The van der Waals surface area contributed by atoms with Crippen LogP contribution in [-0.4, -0.2) is 19.3 Å². The Labute approximate surface area is 378 Å². The number of hydrogen-bond acceptors (Lipinski definition) is 2. The van der Waals surface area contributed by atoms with Crippen LogP contribution in [0.5, 0.6) is 11.5 Å². The second-order valence-corrected chi connectivity index (χ2v) is 18.3. The van der Waals surface area contributed by atoms with Gasteiger partial charge in [-0.15, -0.1) is 0 Å². The van der Waals surface area contributed by atoms with Crippen LogP contribution in [0.2, 0.25) is 0 Å². The summed E-state index contributed by atoms with van der Waals surface area (Å²) in [6, 6.07) is 61.6. The van der Waals surface area contributed by atoms with Gasteiger partial charge in [0.25, 0.3) is 0 Å². The van der Waals surface area contributed by atoms with Crippen molar-refractivity contribution in [2.24, 2.45) is 0 Å². The first-order valence-electron chi connectivity index (χ1n) is 23.1. The number of phenolic OH excluding ortho intramolecular Hbond substituents is 2. The molecule has 2 aromatic heterocycles. The lowest BCUT2D eigenvalue weighted by Crippen LogP contribution is -2.00. The molecular weight excluding hydrogens is 805 g/mol. The maximum atomic E-state index is 11.5. The molecule has 66 heavy (non-hydrogen) atoms. The van der Waals surface area contributed by atoms with Crippen LogP contribution in [0.25, 0.3) is 152 Å². The molecule has 0 atom stereocenters. The number of aromatic nitrogens is 2. The van der Waals surface area contributed by atoms with Gasteiger partial charge in [0.05, 0.1) is 11.0 Å². The molecule has 2 heterocycles. The Morgan fingerprint density at radius 3 is 1.03 bits per heavy atom. The molecule has 0 bridgehead atoms. The Kier molecular flexibility index (Phi) is 6.93. The third-order valence-corrected chi connectivity index (χ3v) is 15.3. The van der Waals surface area contributed by atoms with Crippen molar-refractivity contribution < 1.29 is 10.2 Å². The van der Waals surface area contributed by atoms with Gasteiger partial charge in [0.2, 0.25) is 0 Å². The van der Waals surface area contributed by atoms with Crippen molar-refractivity contribution in [3.05, 3.63) is 170 Å². The van der Waals surface area contributed by atoms with Gasteiger partial charge < -0.3 is 19.3 Å². The monoisotopic (exact) mass is 844 g/mol. The van der Waals surface area contributed by atoms with Gasteiger partial charge in [-0.2, -0.15) is 0 Å². The van der Waals surface area contributed by atoms with E-state index in [-0.39, 0.29) is 11.5 Å². The number of fused-ring (bicyclic) bond motifs is 10. The van der Waals surface area contributed by atoms with Crippen molar-refractivity contribution in [2.45, 2.75) is 26.9 Å². The summed E-state index contributed by atoms with van der Waals surface area (Å²) in [6.45, 7) is 5.88. The summed E-state index contributed by atoms with van der Waals surface area (Å²) in [4.78, 5) is 0. The highest BCUT2D eigenvalue weighted by Gasteiger charge is 2.30. The van der Waals surface area contributed by atoms with Crippen LogP contribution in [0.3, 0.4) is 0 Å². The van der Waals surface area contributed by atoms with Gasteiger partial charge in [0.1, 0.15) is 11.5 Å². The van der Waals surface area contributed by atoms with E-state index < -0.39 is 0 Å². The summed E-state index contributed by atoms with van der Waals surface area (Å²) in [6.07, 6.45) is 0. The molecule has 0 unspecified atom stereocenters. The van der Waals surface area contributed by atoms with E-state index in [1.165, 1.54) is 86.2 Å². The number of hydrogen-bond donors (Lipinski definition) is 2. The number of rotatable bonds is 4. The number of aromatic hydroxyl groups is 2. The molecule has 15 aromatic rings. The molecule has 0 spiro atoms. The summed E-state index contributed by atoms with van der Waals surface area (Å²) >= 11 is 0. The summed E-state index contributed by atoms with van der Waals surface area (Å²) in [7, 11) is 0. The Hall–Kier alpha value is -8.34. The zero-order chi connectivity index (χ0) is 43.7. The van der Waals surface area contributed by atoms with Crippen molar-refractivity contribution >= 4 is 130 Å². The van der Waals surface area contributed by atoms with E-state index in [1.807, 2.05) is 24.3 Å². The molecule has 0 radical (unpaired) electrons. The second kappa shape index (κ2) is 12.7. The van der Waals surface area contributed by atoms with E-state index in [9.17, 15) is 10.2 Å². The lowest BCUT2D eigenvalue weighted by molar-refractivity contribution is 0.475. The lowest BCUT2D eigenvalue weighted by Gasteiger charge is -2.21. The van der Waals surface area contributed by atoms with Crippen LogP contribution in [0.1, 0.15) is 13.8 Å². The van der Waals surface area contributed by atoms with E-state index in [4.69, 9.17) is 0 Å². The number of benzene rings is 13. The average Bonchev–Trinajstić information content (AvgIpc) is 3.85. The number of phenols is 2. The Morgan fingerprint density at radius 2 is 0.652 bits per heavy atom. The van der Waals surface area contributed by atoms with E-state index in [0.29, 0.717) is 13.1 Å². The third-order valence-electron chi connectivity index (χ3n) is 15.3. The van der Waals surface area contributed by atoms with Gasteiger partial charge in [0.15, 0.2) is 0 Å². The molecule has 15 rings (SSSR count). The normalized spacial score (nSPS) is 12.6. The highest BCUT2D eigenvalue weighted by molar-refractivity contribution is 6.40. The molecule has 2 N–H and O–H groups in total.